The van der Waals surface area contributed by atoms with E-state index in [0.29, 0.717) is 0 Å². The number of hydrogen-bond acceptors (Lipinski definition) is 8. The summed E-state index contributed by atoms with van der Waals surface area (Å²) in [5.74, 6) is -3.83. The molecule has 0 aliphatic rings. The predicted octanol–water partition coefficient (Wildman–Crippen LogP) is -9.69. The van der Waals surface area contributed by atoms with Gasteiger partial charge in [0.2, 0.25) is 0 Å². The van der Waals surface area contributed by atoms with Crippen LogP contribution < -0.4 is 64.2 Å². The molecule has 0 saturated heterocycles. The van der Waals surface area contributed by atoms with Crippen LogP contribution in [0.3, 0.4) is 0 Å². The Kier molecular flexibility index (Phi) is 20.5. The number of aliphatic hydroxyl groups excluding tert-OH is 2. The van der Waals surface area contributed by atoms with Crippen molar-refractivity contribution in [2.24, 2.45) is 0 Å². The molecular weight excluding hydrogens is 252 g/mol. The Hall–Kier alpha value is 0.0600. The summed E-state index contributed by atoms with van der Waals surface area (Å²) in [4.78, 5) is 27.7. The topological polar surface area (TPSA) is 184 Å². The van der Waals surface area contributed by atoms with E-state index in [4.69, 9.17) is 30.6 Å². The largest absolute Gasteiger partial charge is 1.00 e. The fourth-order valence-corrected chi connectivity index (χ4v) is 0.264. The molecule has 0 aliphatic heterocycles. The van der Waals surface area contributed by atoms with Gasteiger partial charge in [0.1, 0.15) is 6.10 Å². The quantitative estimate of drug-likeness (QED) is 0.250. The first-order chi connectivity index (χ1) is 6.20. The standard InChI is InChI=1S/C4H6O6.NO3.2Na/c5-1(3(7)8)2(6)4(9)10;2-1(3)4;;/h1-2,5-6H,(H,7,8)(H,9,10);;;/q;-1;2*+1/p-1. The maximum atomic E-state index is 9.74. The van der Waals surface area contributed by atoms with E-state index in [0.717, 1.165) is 0 Å². The number of hydrogen-bond donors (Lipinski definition) is 3. The van der Waals surface area contributed by atoms with E-state index in [9.17, 15) is 14.7 Å². The van der Waals surface area contributed by atoms with Crippen molar-refractivity contribution >= 4 is 11.9 Å². The Balaban J connectivity index is -0.000000105. The molecule has 0 heterocycles. The van der Waals surface area contributed by atoms with E-state index < -0.39 is 29.2 Å². The van der Waals surface area contributed by atoms with Crippen molar-refractivity contribution in [3.05, 3.63) is 15.3 Å². The van der Waals surface area contributed by atoms with Crippen LogP contribution in [0.5, 0.6) is 0 Å². The van der Waals surface area contributed by atoms with Crippen LogP contribution in [0.15, 0.2) is 0 Å². The Morgan fingerprint density at radius 1 is 1.06 bits per heavy atom. The van der Waals surface area contributed by atoms with Crippen LogP contribution in [0, 0.1) is 15.3 Å². The van der Waals surface area contributed by atoms with Crippen molar-refractivity contribution in [2.75, 3.05) is 0 Å². The fourth-order valence-electron chi connectivity index (χ4n) is 0.264. The summed E-state index contributed by atoms with van der Waals surface area (Å²) in [5, 5.41) is 48.9. The van der Waals surface area contributed by atoms with Gasteiger partial charge >= 0.3 is 65.1 Å². The molecule has 0 saturated carbocycles. The smallest absolute Gasteiger partial charge is 0.547 e. The molecule has 10 nitrogen and oxygen atoms in total. The van der Waals surface area contributed by atoms with Crippen LogP contribution in [-0.2, 0) is 9.59 Å². The average Bonchev–Trinajstić information content (AvgIpc) is 2.00. The zero-order valence-electron chi connectivity index (χ0n) is 8.39. The number of carboxylic acids is 2. The third kappa shape index (κ3) is 16.5. The molecule has 0 radical (unpaired) electrons. The zero-order valence-corrected chi connectivity index (χ0v) is 12.4. The number of rotatable bonds is 3. The van der Waals surface area contributed by atoms with Gasteiger partial charge in [-0.2, -0.15) is 0 Å². The minimum atomic E-state index is -2.38. The molecular formula is C4H5NNa2O9. The van der Waals surface area contributed by atoms with Gasteiger partial charge in [0.15, 0.2) is 6.10 Å². The number of nitrogens with zero attached hydrogens (tertiary/aromatic N) is 1. The maximum Gasteiger partial charge on any atom is 1.00 e. The molecule has 0 bridgehead atoms. The molecule has 0 amide bonds. The van der Waals surface area contributed by atoms with Crippen LogP contribution in [-0.4, -0.2) is 44.6 Å². The van der Waals surface area contributed by atoms with Gasteiger partial charge in [0, 0.05) is 0 Å². The van der Waals surface area contributed by atoms with Gasteiger partial charge in [0.25, 0.3) is 0 Å². The fraction of sp³-hybridized carbons (Fsp3) is 0.500. The molecule has 0 aromatic heterocycles. The van der Waals surface area contributed by atoms with Gasteiger partial charge in [-0.25, -0.2) is 4.79 Å². The van der Waals surface area contributed by atoms with Gasteiger partial charge in [-0.15, -0.1) is 0 Å². The average molecular weight is 257 g/mol. The Bertz CT molecular complexity index is 212. The molecule has 2 atom stereocenters. The second-order valence-corrected chi connectivity index (χ2v) is 1.77. The number of carbonyl (C=O) groups excluding carboxylic acids is 1. The molecule has 0 aromatic carbocycles. The summed E-state index contributed by atoms with van der Waals surface area (Å²) >= 11 is 0. The van der Waals surface area contributed by atoms with Crippen molar-refractivity contribution in [1.29, 1.82) is 0 Å². The SMILES string of the molecule is O=C([O-])C(O)C(O)C(=O)O.O=[N+]([O-])[O-].[Na+].[Na+]. The number of aliphatic hydroxyl groups is 2. The second-order valence-electron chi connectivity index (χ2n) is 1.77. The van der Waals surface area contributed by atoms with Gasteiger partial charge in [-0.1, -0.05) is 0 Å². The van der Waals surface area contributed by atoms with Crippen molar-refractivity contribution in [3.8, 4) is 0 Å². The molecule has 0 spiro atoms. The number of aliphatic carboxylic acids is 2. The van der Waals surface area contributed by atoms with E-state index in [1.165, 1.54) is 0 Å². The van der Waals surface area contributed by atoms with Crippen LogP contribution in [0.25, 0.3) is 0 Å². The summed E-state index contributed by atoms with van der Waals surface area (Å²) in [5.41, 5.74) is 0. The van der Waals surface area contributed by atoms with Crippen LogP contribution in [0.1, 0.15) is 0 Å². The summed E-state index contributed by atoms with van der Waals surface area (Å²) < 4.78 is 0. The third-order valence-electron chi connectivity index (χ3n) is 0.794. The van der Waals surface area contributed by atoms with Crippen molar-refractivity contribution < 1.29 is 94.2 Å². The Labute approximate surface area is 133 Å². The summed E-state index contributed by atoms with van der Waals surface area (Å²) in [7, 11) is 0. The minimum Gasteiger partial charge on any atom is -0.547 e. The first-order valence-corrected chi connectivity index (χ1v) is 2.81. The molecule has 0 rings (SSSR count). The monoisotopic (exact) mass is 257 g/mol. The maximum absolute atomic E-state index is 9.74. The van der Waals surface area contributed by atoms with E-state index >= 15 is 0 Å². The summed E-state index contributed by atoms with van der Waals surface area (Å²) in [6, 6.07) is 0. The van der Waals surface area contributed by atoms with Crippen molar-refractivity contribution in [1.82, 2.24) is 0 Å². The molecule has 0 aromatic rings. The Morgan fingerprint density at radius 3 is 1.38 bits per heavy atom. The summed E-state index contributed by atoms with van der Waals surface area (Å²) in [6.07, 6.45) is -4.71. The second kappa shape index (κ2) is 13.1. The van der Waals surface area contributed by atoms with Gasteiger partial charge < -0.3 is 40.5 Å². The van der Waals surface area contributed by atoms with E-state index in [2.05, 4.69) is 0 Å². The zero-order chi connectivity index (χ0) is 11.9. The molecule has 3 N–H and O–H groups in total. The van der Waals surface area contributed by atoms with Crippen LogP contribution in [0.4, 0.5) is 0 Å². The van der Waals surface area contributed by atoms with E-state index in [1.807, 2.05) is 0 Å². The molecule has 0 fully saturated rings. The molecule has 16 heavy (non-hydrogen) atoms. The van der Waals surface area contributed by atoms with Crippen LogP contribution >= 0.6 is 0 Å². The molecule has 12 heteroatoms. The first-order valence-electron chi connectivity index (χ1n) is 2.81. The summed E-state index contributed by atoms with van der Waals surface area (Å²) in [6.45, 7) is 0. The molecule has 0 aliphatic carbocycles. The predicted molar refractivity (Wildman–Crippen MR) is 35.0 cm³/mol. The van der Waals surface area contributed by atoms with E-state index in [1.54, 1.807) is 0 Å². The van der Waals surface area contributed by atoms with Gasteiger partial charge in [-0.05, 0) is 0 Å². The minimum absolute atomic E-state index is 0. The van der Waals surface area contributed by atoms with E-state index in [-0.39, 0.29) is 59.1 Å². The molecule has 2 unspecified atom stereocenters. The van der Waals surface area contributed by atoms with Gasteiger partial charge in [0.05, 0.1) is 11.1 Å². The molecule has 82 valence electrons. The van der Waals surface area contributed by atoms with Crippen molar-refractivity contribution in [2.45, 2.75) is 12.2 Å². The Morgan fingerprint density at radius 2 is 1.31 bits per heavy atom. The number of carboxylic acid groups (broad SMARTS) is 2. The van der Waals surface area contributed by atoms with Crippen LogP contribution in [0.2, 0.25) is 0 Å². The normalized spacial score (nSPS) is 11.4. The van der Waals surface area contributed by atoms with Gasteiger partial charge in [-0.3, -0.25) is 0 Å². The first kappa shape index (κ1) is 25.0. The van der Waals surface area contributed by atoms with Crippen molar-refractivity contribution in [3.63, 3.8) is 0 Å². The third-order valence-corrected chi connectivity index (χ3v) is 0.794. The number of carbonyl (C=O) groups is 2.